The van der Waals surface area contributed by atoms with Gasteiger partial charge in [-0.25, -0.2) is 23.2 Å². The normalized spacial score (nSPS) is 15.8. The number of halogens is 2. The summed E-state index contributed by atoms with van der Waals surface area (Å²) >= 11 is 0. The zero-order chi connectivity index (χ0) is 25.5. The van der Waals surface area contributed by atoms with Crippen LogP contribution in [0.25, 0.3) is 0 Å². The Labute approximate surface area is 207 Å². The molecule has 1 N–H and O–H groups in total. The van der Waals surface area contributed by atoms with Crippen LogP contribution in [0.15, 0.2) is 66.8 Å². The number of aromatic nitrogens is 3. The van der Waals surface area contributed by atoms with Gasteiger partial charge in [0.05, 0.1) is 13.7 Å². The number of ether oxygens (including phenoxy) is 2. The van der Waals surface area contributed by atoms with Crippen molar-refractivity contribution in [1.82, 2.24) is 19.7 Å². The van der Waals surface area contributed by atoms with E-state index in [-0.39, 0.29) is 18.5 Å². The van der Waals surface area contributed by atoms with Crippen LogP contribution >= 0.6 is 0 Å². The minimum absolute atomic E-state index is 0.0123. The molecule has 0 saturated carbocycles. The van der Waals surface area contributed by atoms with Gasteiger partial charge in [-0.05, 0) is 49.6 Å². The van der Waals surface area contributed by atoms with Crippen molar-refractivity contribution in [2.75, 3.05) is 26.7 Å². The molecule has 4 rings (SSSR count). The van der Waals surface area contributed by atoms with E-state index in [4.69, 9.17) is 9.47 Å². The third-order valence-electron chi connectivity index (χ3n) is 6.26. The molecule has 1 fully saturated rings. The molecular weight excluding hydrogens is 470 g/mol. The van der Waals surface area contributed by atoms with Gasteiger partial charge in [-0.1, -0.05) is 11.6 Å². The first-order chi connectivity index (χ1) is 17.3. The van der Waals surface area contributed by atoms with Crippen molar-refractivity contribution < 1.29 is 28.2 Å². The Morgan fingerprint density at radius 2 is 1.86 bits per heavy atom. The number of rotatable bonds is 9. The maximum atomic E-state index is 14.6. The molecule has 0 bridgehead atoms. The number of methoxy groups -OCH3 is 1. The van der Waals surface area contributed by atoms with Gasteiger partial charge in [0.25, 0.3) is 0 Å². The summed E-state index contributed by atoms with van der Waals surface area (Å²) in [6, 6.07) is 9.95. The summed E-state index contributed by atoms with van der Waals surface area (Å²) in [7, 11) is 1.57. The molecule has 1 atom stereocenters. The number of carbonyl (C=O) groups is 1. The molecule has 2 heterocycles. The van der Waals surface area contributed by atoms with Crippen molar-refractivity contribution in [1.29, 1.82) is 0 Å². The molecule has 1 aromatic heterocycles. The van der Waals surface area contributed by atoms with E-state index >= 15 is 0 Å². The monoisotopic (exact) mass is 498 g/mol. The maximum absolute atomic E-state index is 14.6. The molecule has 2 aromatic carbocycles. The summed E-state index contributed by atoms with van der Waals surface area (Å²) in [5.41, 5.74) is -0.616. The van der Waals surface area contributed by atoms with Gasteiger partial charge in [0.2, 0.25) is 0 Å². The molecule has 10 heteroatoms. The number of piperidine rings is 1. The van der Waals surface area contributed by atoms with E-state index in [1.807, 2.05) is 0 Å². The molecule has 8 nitrogen and oxygen atoms in total. The van der Waals surface area contributed by atoms with Crippen molar-refractivity contribution in [3.8, 4) is 11.5 Å². The van der Waals surface area contributed by atoms with Crippen LogP contribution in [0.5, 0.6) is 11.5 Å². The Bertz CT molecular complexity index is 1190. The fourth-order valence-electron chi connectivity index (χ4n) is 4.26. The quantitative estimate of drug-likeness (QED) is 0.275. The first-order valence-electron chi connectivity index (χ1n) is 11.6. The lowest BCUT2D eigenvalue weighted by atomic mass is 9.89. The van der Waals surface area contributed by atoms with E-state index in [0.717, 1.165) is 17.7 Å². The molecule has 1 saturated heterocycles. The fourth-order valence-corrected chi connectivity index (χ4v) is 4.26. The minimum Gasteiger partial charge on any atom is -0.497 e. The highest BCUT2D eigenvalue weighted by molar-refractivity contribution is 5.84. The van der Waals surface area contributed by atoms with Crippen LogP contribution < -0.4 is 9.47 Å². The van der Waals surface area contributed by atoms with Crippen molar-refractivity contribution in [3.63, 3.8) is 0 Å². The lowest BCUT2D eigenvalue weighted by molar-refractivity contribution is -0.129. The highest BCUT2D eigenvalue weighted by Crippen LogP contribution is 2.31. The Hall–Kier alpha value is -3.63. The number of nitrogens with zero attached hydrogens (tertiary/aromatic N) is 4. The predicted octanol–water partition coefficient (Wildman–Crippen LogP) is 3.47. The van der Waals surface area contributed by atoms with Crippen molar-refractivity contribution in [2.24, 2.45) is 0 Å². The second-order valence-electron chi connectivity index (χ2n) is 8.74. The van der Waals surface area contributed by atoms with E-state index in [2.05, 4.69) is 15.0 Å². The SMILES string of the molecule is COc1ccc(OC(=O)C=C2CCN(CCC(O)(Cn3cncn3)c3ccc(F)cc3F)CC2)cc1. The van der Waals surface area contributed by atoms with E-state index in [9.17, 15) is 18.7 Å². The summed E-state index contributed by atoms with van der Waals surface area (Å²) in [6.45, 7) is 1.80. The lowest BCUT2D eigenvalue weighted by Gasteiger charge is -2.34. The molecule has 36 heavy (non-hydrogen) atoms. The molecule has 0 amide bonds. The summed E-state index contributed by atoms with van der Waals surface area (Å²) < 4.78 is 39.9. The Morgan fingerprint density at radius 3 is 2.50 bits per heavy atom. The van der Waals surface area contributed by atoms with Crippen LogP contribution in [-0.2, 0) is 16.9 Å². The van der Waals surface area contributed by atoms with Crippen molar-refractivity contribution >= 4 is 5.97 Å². The first kappa shape index (κ1) is 25.5. The average Bonchev–Trinajstić information content (AvgIpc) is 3.37. The van der Waals surface area contributed by atoms with Gasteiger partial charge in [0.1, 0.15) is 41.4 Å². The topological polar surface area (TPSA) is 89.7 Å². The van der Waals surface area contributed by atoms with Crippen LogP contribution in [-0.4, -0.2) is 57.5 Å². The predicted molar refractivity (Wildman–Crippen MR) is 127 cm³/mol. The minimum atomic E-state index is -1.61. The smallest absolute Gasteiger partial charge is 0.336 e. The molecule has 1 aliphatic heterocycles. The van der Waals surface area contributed by atoms with Gasteiger partial charge in [0.15, 0.2) is 0 Å². The zero-order valence-corrected chi connectivity index (χ0v) is 19.9. The largest absolute Gasteiger partial charge is 0.497 e. The average molecular weight is 499 g/mol. The number of hydrogen-bond donors (Lipinski definition) is 1. The van der Waals surface area contributed by atoms with Crippen LogP contribution in [0.3, 0.4) is 0 Å². The summed E-state index contributed by atoms with van der Waals surface area (Å²) in [4.78, 5) is 18.3. The van der Waals surface area contributed by atoms with E-state index in [1.54, 1.807) is 31.4 Å². The molecule has 0 spiro atoms. The maximum Gasteiger partial charge on any atom is 0.336 e. The van der Waals surface area contributed by atoms with Gasteiger partial charge in [-0.2, -0.15) is 5.10 Å². The number of aliphatic hydroxyl groups is 1. The zero-order valence-electron chi connectivity index (χ0n) is 19.9. The number of carbonyl (C=O) groups excluding carboxylic acids is 1. The molecular formula is C26H28F2N4O4. The van der Waals surface area contributed by atoms with Crippen LogP contribution in [0.2, 0.25) is 0 Å². The number of hydrogen-bond acceptors (Lipinski definition) is 7. The molecule has 1 unspecified atom stereocenters. The Balaban J connectivity index is 1.34. The molecule has 190 valence electrons. The third-order valence-corrected chi connectivity index (χ3v) is 6.26. The molecule has 3 aromatic rings. The van der Waals surface area contributed by atoms with Gasteiger partial charge in [0, 0.05) is 37.3 Å². The molecule has 1 aliphatic rings. The van der Waals surface area contributed by atoms with E-state index in [0.29, 0.717) is 44.0 Å². The number of benzene rings is 2. The summed E-state index contributed by atoms with van der Waals surface area (Å²) in [5, 5.41) is 15.5. The molecule has 0 aliphatic carbocycles. The van der Waals surface area contributed by atoms with Gasteiger partial charge in [-0.3, -0.25) is 0 Å². The number of likely N-dealkylation sites (tertiary alicyclic amines) is 1. The van der Waals surface area contributed by atoms with Gasteiger partial charge >= 0.3 is 5.97 Å². The van der Waals surface area contributed by atoms with E-state index < -0.39 is 23.2 Å². The molecule has 0 radical (unpaired) electrons. The van der Waals surface area contributed by atoms with Crippen LogP contribution in [0, 0.1) is 11.6 Å². The third kappa shape index (κ3) is 6.52. The first-order valence-corrected chi connectivity index (χ1v) is 11.6. The van der Waals surface area contributed by atoms with E-state index in [1.165, 1.54) is 29.5 Å². The standard InChI is InChI=1S/C26H28F2N4O4/c1-35-21-3-5-22(6-4-21)36-25(33)14-19-8-11-31(12-9-19)13-10-26(34,16-32-18-29-17-30-32)23-7-2-20(27)15-24(23)28/h2-7,14-15,17-18,34H,8-13,16H2,1H3. The Morgan fingerprint density at radius 1 is 1.14 bits per heavy atom. The van der Waals surface area contributed by atoms with Crippen LogP contribution in [0.1, 0.15) is 24.8 Å². The summed E-state index contributed by atoms with van der Waals surface area (Å²) in [5.74, 6) is -0.833. The number of esters is 1. The van der Waals surface area contributed by atoms with Crippen molar-refractivity contribution in [3.05, 3.63) is 84.0 Å². The second kappa shape index (κ2) is 11.4. The highest BCUT2D eigenvalue weighted by Gasteiger charge is 2.34. The fraction of sp³-hybridized carbons (Fsp3) is 0.346. The summed E-state index contributed by atoms with van der Waals surface area (Å²) in [6.07, 6.45) is 5.84. The Kier molecular flexibility index (Phi) is 8.07. The lowest BCUT2D eigenvalue weighted by Crippen LogP contribution is -2.39. The second-order valence-corrected chi connectivity index (χ2v) is 8.74. The highest BCUT2D eigenvalue weighted by atomic mass is 19.1. The van der Waals surface area contributed by atoms with Crippen LogP contribution in [0.4, 0.5) is 8.78 Å². The van der Waals surface area contributed by atoms with Gasteiger partial charge < -0.3 is 19.5 Å². The van der Waals surface area contributed by atoms with Gasteiger partial charge in [-0.15, -0.1) is 0 Å². The van der Waals surface area contributed by atoms with Crippen molar-refractivity contribution in [2.45, 2.75) is 31.4 Å².